The van der Waals surface area contributed by atoms with E-state index in [0.29, 0.717) is 0 Å². The third kappa shape index (κ3) is 3.68. The van der Waals surface area contributed by atoms with Gasteiger partial charge in [-0.1, -0.05) is 30.3 Å². The van der Waals surface area contributed by atoms with Gasteiger partial charge in [-0.25, -0.2) is 4.98 Å². The van der Waals surface area contributed by atoms with E-state index in [1.807, 2.05) is 18.2 Å². The molecule has 1 aromatic carbocycles. The highest BCUT2D eigenvalue weighted by atomic mass is 79.9. The number of benzene rings is 1. The lowest BCUT2D eigenvalue weighted by Gasteiger charge is -2.15. The van der Waals surface area contributed by atoms with Crippen LogP contribution in [0.5, 0.6) is 0 Å². The van der Waals surface area contributed by atoms with Crippen LogP contribution in [0.3, 0.4) is 0 Å². The molecule has 18 heavy (non-hydrogen) atoms. The molecule has 1 atom stereocenters. The van der Waals surface area contributed by atoms with Crippen molar-refractivity contribution in [3.8, 4) is 0 Å². The molecule has 0 fully saturated rings. The van der Waals surface area contributed by atoms with Crippen LogP contribution in [-0.2, 0) is 6.42 Å². The first-order valence-electron chi connectivity index (χ1n) is 5.63. The molecule has 5 heteroatoms. The molecular weight excluding hydrogens is 314 g/mol. The third-order valence-electron chi connectivity index (χ3n) is 2.48. The van der Waals surface area contributed by atoms with Crippen LogP contribution in [0.25, 0.3) is 0 Å². The van der Waals surface area contributed by atoms with E-state index in [1.165, 1.54) is 5.56 Å². The van der Waals surface area contributed by atoms with Crippen LogP contribution in [0.4, 0.5) is 5.82 Å². The van der Waals surface area contributed by atoms with Crippen molar-refractivity contribution in [2.24, 2.45) is 0 Å². The summed E-state index contributed by atoms with van der Waals surface area (Å²) >= 11 is 9.18. The largest absolute Gasteiger partial charge is 0.366 e. The Morgan fingerprint density at radius 2 is 2.06 bits per heavy atom. The van der Waals surface area contributed by atoms with E-state index < -0.39 is 0 Å². The maximum Gasteiger partial charge on any atom is 0.224 e. The van der Waals surface area contributed by atoms with E-state index >= 15 is 0 Å². The molecule has 1 heterocycles. The van der Waals surface area contributed by atoms with E-state index in [2.05, 4.69) is 50.3 Å². The number of hydrogen-bond donors (Lipinski definition) is 1. The number of nitrogens with one attached hydrogen (secondary N) is 1. The zero-order valence-electron chi connectivity index (χ0n) is 9.90. The summed E-state index contributed by atoms with van der Waals surface area (Å²) in [6.45, 7) is 2.11. The summed E-state index contributed by atoms with van der Waals surface area (Å²) in [5.74, 6) is 0.721. The van der Waals surface area contributed by atoms with Crippen molar-refractivity contribution in [1.82, 2.24) is 9.97 Å². The first-order valence-corrected chi connectivity index (χ1v) is 6.81. The van der Waals surface area contributed by atoms with Crippen LogP contribution in [0.15, 0.2) is 41.0 Å². The van der Waals surface area contributed by atoms with Crippen molar-refractivity contribution in [3.63, 3.8) is 0 Å². The Morgan fingerprint density at radius 1 is 1.33 bits per heavy atom. The maximum absolute atomic E-state index is 5.78. The minimum atomic E-state index is 0.243. The predicted molar refractivity (Wildman–Crippen MR) is 78.0 cm³/mol. The van der Waals surface area contributed by atoms with E-state index in [1.54, 1.807) is 6.20 Å². The standard InChI is InChI=1S/C13H13BrClN3/c1-9(7-10-5-3-2-4-6-10)17-12-11(14)8-16-13(15)18-12/h2-6,8-9H,7H2,1H3,(H,16,17,18). The second-order valence-electron chi connectivity index (χ2n) is 4.07. The van der Waals surface area contributed by atoms with Gasteiger partial charge in [0.25, 0.3) is 0 Å². The van der Waals surface area contributed by atoms with Crippen molar-refractivity contribution in [2.45, 2.75) is 19.4 Å². The van der Waals surface area contributed by atoms with Crippen molar-refractivity contribution in [2.75, 3.05) is 5.32 Å². The molecule has 1 aromatic heterocycles. The average Bonchev–Trinajstić information content (AvgIpc) is 2.35. The van der Waals surface area contributed by atoms with Crippen LogP contribution in [0, 0.1) is 0 Å². The molecule has 0 saturated heterocycles. The number of rotatable bonds is 4. The Balaban J connectivity index is 2.03. The molecule has 3 nitrogen and oxygen atoms in total. The van der Waals surface area contributed by atoms with E-state index in [9.17, 15) is 0 Å². The Labute approximate surface area is 120 Å². The van der Waals surface area contributed by atoms with Crippen molar-refractivity contribution >= 4 is 33.3 Å². The van der Waals surface area contributed by atoms with Crippen LogP contribution < -0.4 is 5.32 Å². The van der Waals surface area contributed by atoms with Crippen molar-refractivity contribution in [1.29, 1.82) is 0 Å². The van der Waals surface area contributed by atoms with Gasteiger partial charge in [0.1, 0.15) is 5.82 Å². The molecule has 0 radical (unpaired) electrons. The van der Waals surface area contributed by atoms with Gasteiger partial charge in [0.2, 0.25) is 5.28 Å². The van der Waals surface area contributed by atoms with Crippen LogP contribution in [0.2, 0.25) is 5.28 Å². The first kappa shape index (κ1) is 13.3. The fraction of sp³-hybridized carbons (Fsp3) is 0.231. The number of halogens is 2. The van der Waals surface area contributed by atoms with Crippen LogP contribution in [0.1, 0.15) is 12.5 Å². The van der Waals surface area contributed by atoms with Gasteiger partial charge in [0.05, 0.1) is 4.47 Å². The molecule has 1 unspecified atom stereocenters. The quantitative estimate of drug-likeness (QED) is 0.865. The molecule has 0 aliphatic heterocycles. The Bertz CT molecular complexity index is 519. The van der Waals surface area contributed by atoms with Gasteiger partial charge in [-0.3, -0.25) is 0 Å². The Morgan fingerprint density at radius 3 is 2.78 bits per heavy atom. The topological polar surface area (TPSA) is 37.8 Å². The molecule has 0 spiro atoms. The number of aromatic nitrogens is 2. The molecule has 1 N–H and O–H groups in total. The minimum absolute atomic E-state index is 0.243. The lowest BCUT2D eigenvalue weighted by molar-refractivity contribution is 0.782. The highest BCUT2D eigenvalue weighted by molar-refractivity contribution is 9.10. The van der Waals surface area contributed by atoms with Gasteiger partial charge in [-0.05, 0) is 46.4 Å². The van der Waals surface area contributed by atoms with Gasteiger partial charge in [0, 0.05) is 12.2 Å². The molecule has 94 valence electrons. The lowest BCUT2D eigenvalue weighted by Crippen LogP contribution is -2.19. The number of anilines is 1. The predicted octanol–water partition coefficient (Wildman–Crippen LogP) is 3.94. The number of nitrogens with zero attached hydrogens (tertiary/aromatic N) is 2. The van der Waals surface area contributed by atoms with Gasteiger partial charge in [0.15, 0.2) is 0 Å². The van der Waals surface area contributed by atoms with Gasteiger partial charge in [-0.2, -0.15) is 4.98 Å². The molecule has 0 amide bonds. The summed E-state index contributed by atoms with van der Waals surface area (Å²) in [5.41, 5.74) is 1.29. The van der Waals surface area contributed by atoms with E-state index in [-0.39, 0.29) is 11.3 Å². The summed E-state index contributed by atoms with van der Waals surface area (Å²) in [7, 11) is 0. The molecule has 0 aliphatic carbocycles. The smallest absolute Gasteiger partial charge is 0.224 e. The first-order chi connectivity index (χ1) is 8.65. The van der Waals surface area contributed by atoms with Gasteiger partial charge < -0.3 is 5.32 Å². The molecular formula is C13H13BrClN3. The average molecular weight is 327 g/mol. The fourth-order valence-electron chi connectivity index (χ4n) is 1.70. The SMILES string of the molecule is CC(Cc1ccccc1)Nc1nc(Cl)ncc1Br. The van der Waals surface area contributed by atoms with E-state index in [4.69, 9.17) is 11.6 Å². The highest BCUT2D eigenvalue weighted by Gasteiger charge is 2.08. The normalized spacial score (nSPS) is 12.2. The Hall–Kier alpha value is -1.13. The summed E-state index contributed by atoms with van der Waals surface area (Å²) in [5, 5.41) is 3.56. The fourth-order valence-corrected chi connectivity index (χ4v) is 2.14. The number of hydrogen-bond acceptors (Lipinski definition) is 3. The second kappa shape index (κ2) is 6.16. The maximum atomic E-state index is 5.78. The molecule has 2 rings (SSSR count). The molecule has 0 bridgehead atoms. The minimum Gasteiger partial charge on any atom is -0.366 e. The zero-order valence-corrected chi connectivity index (χ0v) is 12.2. The summed E-state index contributed by atoms with van der Waals surface area (Å²) in [4.78, 5) is 8.05. The molecule has 0 aliphatic rings. The van der Waals surface area contributed by atoms with Crippen molar-refractivity contribution < 1.29 is 0 Å². The Kier molecular flexibility index (Phi) is 4.55. The van der Waals surface area contributed by atoms with E-state index in [0.717, 1.165) is 16.7 Å². The zero-order chi connectivity index (χ0) is 13.0. The summed E-state index contributed by atoms with van der Waals surface area (Å²) in [6.07, 6.45) is 2.57. The summed E-state index contributed by atoms with van der Waals surface area (Å²) < 4.78 is 0.812. The second-order valence-corrected chi connectivity index (χ2v) is 5.26. The monoisotopic (exact) mass is 325 g/mol. The highest BCUT2D eigenvalue weighted by Crippen LogP contribution is 2.21. The van der Waals surface area contributed by atoms with Crippen LogP contribution in [-0.4, -0.2) is 16.0 Å². The summed E-state index contributed by atoms with van der Waals surface area (Å²) in [6, 6.07) is 10.6. The third-order valence-corrected chi connectivity index (χ3v) is 3.24. The van der Waals surface area contributed by atoms with Crippen molar-refractivity contribution in [3.05, 3.63) is 51.8 Å². The van der Waals surface area contributed by atoms with Gasteiger partial charge >= 0.3 is 0 Å². The lowest BCUT2D eigenvalue weighted by atomic mass is 10.1. The molecule has 2 aromatic rings. The van der Waals surface area contributed by atoms with Gasteiger partial charge in [-0.15, -0.1) is 0 Å². The van der Waals surface area contributed by atoms with Crippen LogP contribution >= 0.6 is 27.5 Å². The molecule has 0 saturated carbocycles.